The van der Waals surface area contributed by atoms with E-state index in [2.05, 4.69) is 25.1 Å². The molecule has 1 aromatic heterocycles. The number of carbonyl (C=O) groups is 2. The molecular weight excluding hydrogens is 355 g/mol. The lowest BCUT2D eigenvalue weighted by Gasteiger charge is -2.09. The van der Waals surface area contributed by atoms with Gasteiger partial charge in [0.2, 0.25) is 5.88 Å². The van der Waals surface area contributed by atoms with Crippen LogP contribution in [0.2, 0.25) is 0 Å². The molecule has 7 nitrogen and oxygen atoms in total. The Hall–Kier alpha value is -3.30. The molecule has 0 aliphatic heterocycles. The molecule has 1 aromatic carbocycles. The van der Waals surface area contributed by atoms with E-state index >= 15 is 0 Å². The summed E-state index contributed by atoms with van der Waals surface area (Å²) in [5.41, 5.74) is 1.06. The lowest BCUT2D eigenvalue weighted by molar-refractivity contribution is -0.154. The van der Waals surface area contributed by atoms with Crippen molar-refractivity contribution in [1.82, 2.24) is 4.98 Å². The van der Waals surface area contributed by atoms with Gasteiger partial charge in [0.1, 0.15) is 0 Å². The van der Waals surface area contributed by atoms with Gasteiger partial charge in [-0.15, -0.1) is 0 Å². The highest BCUT2D eigenvalue weighted by atomic mass is 19.4. The van der Waals surface area contributed by atoms with E-state index in [1.807, 2.05) is 0 Å². The zero-order valence-electron chi connectivity index (χ0n) is 13.5. The predicted molar refractivity (Wildman–Crippen MR) is 86.2 cm³/mol. The van der Waals surface area contributed by atoms with Crippen LogP contribution in [0.15, 0.2) is 42.6 Å². The summed E-state index contributed by atoms with van der Waals surface area (Å²) in [6.45, 7) is -1.46. The van der Waals surface area contributed by atoms with E-state index in [1.165, 1.54) is 19.2 Å². The number of ether oxygens (including phenoxy) is 2. The lowest BCUT2D eigenvalue weighted by atomic mass is 10.2. The minimum Gasteiger partial charge on any atom is -0.468 e. The number of nitrogens with zero attached hydrogens (tertiary/aromatic N) is 1. The van der Waals surface area contributed by atoms with Gasteiger partial charge in [-0.2, -0.15) is 13.2 Å². The Kier molecular flexibility index (Phi) is 5.99. The van der Waals surface area contributed by atoms with Crippen molar-refractivity contribution in [1.29, 1.82) is 0 Å². The number of anilines is 2. The molecule has 0 aliphatic rings. The van der Waals surface area contributed by atoms with Gasteiger partial charge in [0.15, 0.2) is 6.61 Å². The van der Waals surface area contributed by atoms with E-state index in [4.69, 9.17) is 0 Å². The first-order valence-electron chi connectivity index (χ1n) is 7.19. The summed E-state index contributed by atoms with van der Waals surface area (Å²) in [6.07, 6.45) is -3.98. The summed E-state index contributed by atoms with van der Waals surface area (Å²) in [5.74, 6) is -0.745. The minimum atomic E-state index is -4.47. The van der Waals surface area contributed by atoms with Gasteiger partial charge in [0.25, 0.3) is 5.91 Å². The molecule has 0 saturated carbocycles. The molecule has 0 atom stereocenters. The Labute approximate surface area is 146 Å². The number of methoxy groups -OCH3 is 1. The highest BCUT2D eigenvalue weighted by Crippen LogP contribution is 2.18. The Morgan fingerprint density at radius 2 is 1.65 bits per heavy atom. The minimum absolute atomic E-state index is 0.140. The third-order valence-electron chi connectivity index (χ3n) is 2.96. The second-order valence-electron chi connectivity index (χ2n) is 4.94. The van der Waals surface area contributed by atoms with Crippen molar-refractivity contribution in [3.8, 4) is 5.88 Å². The number of carbonyl (C=O) groups excluding carboxylic acids is 2. The van der Waals surface area contributed by atoms with Crippen LogP contribution < -0.4 is 15.4 Å². The maximum atomic E-state index is 12.1. The van der Waals surface area contributed by atoms with Crippen LogP contribution in [0.5, 0.6) is 5.88 Å². The lowest BCUT2D eigenvalue weighted by Crippen LogP contribution is -2.19. The van der Waals surface area contributed by atoms with E-state index in [-0.39, 0.29) is 11.4 Å². The third kappa shape index (κ3) is 5.96. The number of rotatable bonds is 5. The number of hydrogen-bond donors (Lipinski definition) is 2. The Bertz CT molecular complexity index is 762. The zero-order chi connectivity index (χ0) is 19.2. The van der Waals surface area contributed by atoms with Crippen LogP contribution in [-0.2, 0) is 4.74 Å². The normalized spacial score (nSPS) is 10.8. The molecule has 0 spiro atoms. The average Bonchev–Trinajstić information content (AvgIpc) is 2.61. The Balaban J connectivity index is 1.93. The standard InChI is InChI=1S/C16H14F3N3O4/c1-25-15(24)22-12-5-3-11(4-6-12)21-14(23)10-2-7-13(20-8-10)26-9-16(17,18)19/h2-8H,9H2,1H3,(H,21,23)(H,22,24). The molecule has 138 valence electrons. The first-order valence-corrected chi connectivity index (χ1v) is 7.19. The number of alkyl halides is 3. The van der Waals surface area contributed by atoms with Gasteiger partial charge in [0, 0.05) is 23.6 Å². The van der Waals surface area contributed by atoms with Gasteiger partial charge in [-0.25, -0.2) is 9.78 Å². The zero-order valence-corrected chi connectivity index (χ0v) is 13.5. The van der Waals surface area contributed by atoms with E-state index in [9.17, 15) is 22.8 Å². The molecule has 0 unspecified atom stereocenters. The quantitative estimate of drug-likeness (QED) is 0.843. The predicted octanol–water partition coefficient (Wildman–Crippen LogP) is 3.45. The molecule has 10 heteroatoms. The molecule has 2 amide bonds. The summed E-state index contributed by atoms with van der Waals surface area (Å²) in [6, 6.07) is 8.68. The van der Waals surface area contributed by atoms with E-state index in [0.717, 1.165) is 6.20 Å². The van der Waals surface area contributed by atoms with Gasteiger partial charge in [-0.3, -0.25) is 10.1 Å². The molecule has 1 heterocycles. The summed E-state index contributed by atoms with van der Waals surface area (Å²) < 4.78 is 45.1. The second kappa shape index (κ2) is 8.19. The van der Waals surface area contributed by atoms with Gasteiger partial charge in [-0.1, -0.05) is 0 Å². The highest BCUT2D eigenvalue weighted by molar-refractivity contribution is 6.04. The van der Waals surface area contributed by atoms with Crippen LogP contribution >= 0.6 is 0 Å². The molecule has 0 aliphatic carbocycles. The smallest absolute Gasteiger partial charge is 0.422 e. The van der Waals surface area contributed by atoms with E-state index in [1.54, 1.807) is 24.3 Å². The third-order valence-corrected chi connectivity index (χ3v) is 2.96. The fourth-order valence-corrected chi connectivity index (χ4v) is 1.76. The summed E-state index contributed by atoms with van der Waals surface area (Å²) in [5, 5.41) is 5.04. The number of benzene rings is 1. The number of nitrogens with one attached hydrogen (secondary N) is 2. The summed E-state index contributed by atoms with van der Waals surface area (Å²) in [7, 11) is 1.23. The Morgan fingerprint density at radius 1 is 1.04 bits per heavy atom. The van der Waals surface area contributed by atoms with Crippen molar-refractivity contribution in [3.05, 3.63) is 48.2 Å². The fraction of sp³-hybridized carbons (Fsp3) is 0.188. The first kappa shape index (κ1) is 19.0. The van der Waals surface area contributed by atoms with E-state index in [0.29, 0.717) is 11.4 Å². The molecule has 0 fully saturated rings. The van der Waals surface area contributed by atoms with Crippen LogP contribution in [0.25, 0.3) is 0 Å². The summed E-state index contributed by atoms with van der Waals surface area (Å²) >= 11 is 0. The number of aromatic nitrogens is 1. The first-order chi connectivity index (χ1) is 12.3. The molecule has 0 bridgehead atoms. The van der Waals surface area contributed by atoms with Crippen molar-refractivity contribution < 1.29 is 32.2 Å². The van der Waals surface area contributed by atoms with Crippen LogP contribution in [0.1, 0.15) is 10.4 Å². The molecule has 2 rings (SSSR count). The maximum absolute atomic E-state index is 12.1. The van der Waals surface area contributed by atoms with Crippen molar-refractivity contribution in [3.63, 3.8) is 0 Å². The molecular formula is C16H14F3N3O4. The van der Waals surface area contributed by atoms with Gasteiger partial charge in [-0.05, 0) is 30.3 Å². The Morgan fingerprint density at radius 3 is 2.15 bits per heavy atom. The SMILES string of the molecule is COC(=O)Nc1ccc(NC(=O)c2ccc(OCC(F)(F)F)nc2)cc1. The van der Waals surface area contributed by atoms with Gasteiger partial charge >= 0.3 is 12.3 Å². The second-order valence-corrected chi connectivity index (χ2v) is 4.94. The molecule has 0 radical (unpaired) electrons. The van der Waals surface area contributed by atoms with Crippen molar-refractivity contribution >= 4 is 23.4 Å². The number of pyridine rings is 1. The number of amides is 2. The molecule has 2 N–H and O–H groups in total. The average molecular weight is 369 g/mol. The van der Waals surface area contributed by atoms with Crippen molar-refractivity contribution in [2.75, 3.05) is 24.4 Å². The van der Waals surface area contributed by atoms with Crippen LogP contribution in [0.3, 0.4) is 0 Å². The molecule has 0 saturated heterocycles. The van der Waals surface area contributed by atoms with Gasteiger partial charge < -0.3 is 14.8 Å². The number of hydrogen-bond acceptors (Lipinski definition) is 5. The fourth-order valence-electron chi connectivity index (χ4n) is 1.76. The largest absolute Gasteiger partial charge is 0.468 e. The van der Waals surface area contributed by atoms with Crippen LogP contribution in [0.4, 0.5) is 29.3 Å². The van der Waals surface area contributed by atoms with Gasteiger partial charge in [0.05, 0.1) is 12.7 Å². The van der Waals surface area contributed by atoms with E-state index < -0.39 is 24.8 Å². The van der Waals surface area contributed by atoms with Crippen LogP contribution in [0, 0.1) is 0 Å². The molecule has 2 aromatic rings. The topological polar surface area (TPSA) is 89.6 Å². The summed E-state index contributed by atoms with van der Waals surface area (Å²) in [4.78, 5) is 26.8. The van der Waals surface area contributed by atoms with Crippen LogP contribution in [-0.4, -0.2) is 36.9 Å². The van der Waals surface area contributed by atoms with Crippen molar-refractivity contribution in [2.45, 2.75) is 6.18 Å². The maximum Gasteiger partial charge on any atom is 0.422 e. The van der Waals surface area contributed by atoms with Crippen molar-refractivity contribution in [2.24, 2.45) is 0 Å². The monoisotopic (exact) mass is 369 g/mol. The highest BCUT2D eigenvalue weighted by Gasteiger charge is 2.28. The number of halogens is 3. The molecule has 26 heavy (non-hydrogen) atoms.